The highest BCUT2D eigenvalue weighted by Gasteiger charge is 2.62. The van der Waals surface area contributed by atoms with Crippen LogP contribution in [0.25, 0.3) is 0 Å². The molecule has 8 fully saturated rings. The number of aliphatic hydroxyl groups excluding tert-OH is 2. The van der Waals surface area contributed by atoms with E-state index in [0.717, 1.165) is 73.0 Å². The zero-order chi connectivity index (χ0) is 30.8. The van der Waals surface area contributed by atoms with Gasteiger partial charge in [0.05, 0.1) is 12.2 Å². The van der Waals surface area contributed by atoms with Crippen molar-refractivity contribution < 1.29 is 10.2 Å². The summed E-state index contributed by atoms with van der Waals surface area (Å²) in [5.74, 6) is 7.34. The second-order valence-electron chi connectivity index (χ2n) is 19.4. The van der Waals surface area contributed by atoms with Crippen LogP contribution in [-0.2, 0) is 0 Å². The molecule has 4 nitrogen and oxygen atoms in total. The molecule has 8 rings (SSSR count). The molecule has 0 aliphatic heterocycles. The Morgan fingerprint density at radius 3 is 1.30 bits per heavy atom. The molecule has 0 heterocycles. The van der Waals surface area contributed by atoms with Gasteiger partial charge >= 0.3 is 0 Å². The lowest BCUT2D eigenvalue weighted by Crippen LogP contribution is -2.55. The van der Waals surface area contributed by atoms with Gasteiger partial charge in [-0.05, 0) is 184 Å². The zero-order valence-corrected chi connectivity index (χ0v) is 29.0. The van der Waals surface area contributed by atoms with Gasteiger partial charge in [0.15, 0.2) is 0 Å². The van der Waals surface area contributed by atoms with Gasteiger partial charge in [0.25, 0.3) is 0 Å². The number of rotatable bonds is 1. The predicted octanol–water partition coefficient (Wildman–Crippen LogP) is 9.08. The summed E-state index contributed by atoms with van der Waals surface area (Å²) in [7, 11) is 0. The molecule has 44 heavy (non-hydrogen) atoms. The first-order chi connectivity index (χ1) is 20.9. The van der Waals surface area contributed by atoms with E-state index in [-0.39, 0.29) is 23.0 Å². The first-order valence-corrected chi connectivity index (χ1v) is 19.4. The molecule has 0 spiro atoms. The highest BCUT2D eigenvalue weighted by molar-refractivity contribution is 5.91. The third-order valence-electron chi connectivity index (χ3n) is 17.9. The Morgan fingerprint density at radius 1 is 0.500 bits per heavy atom. The van der Waals surface area contributed by atoms with Gasteiger partial charge in [-0.3, -0.25) is 0 Å². The molecular weight excluding hydrogens is 540 g/mol. The van der Waals surface area contributed by atoms with E-state index in [0.29, 0.717) is 22.7 Å². The fraction of sp³-hybridized carbons (Fsp3) is 0.950. The van der Waals surface area contributed by atoms with Crippen LogP contribution in [0.3, 0.4) is 0 Å². The van der Waals surface area contributed by atoms with Crippen molar-refractivity contribution in [2.75, 3.05) is 0 Å². The van der Waals surface area contributed by atoms with E-state index in [4.69, 9.17) is 10.2 Å². The smallest absolute Gasteiger partial charge is 0.0596 e. The maximum Gasteiger partial charge on any atom is 0.0596 e. The average molecular weight is 605 g/mol. The first kappa shape index (κ1) is 30.6. The fourth-order valence-corrected chi connectivity index (χ4v) is 15.2. The van der Waals surface area contributed by atoms with Crippen LogP contribution in [0.4, 0.5) is 0 Å². The highest BCUT2D eigenvalue weighted by Crippen LogP contribution is 2.68. The van der Waals surface area contributed by atoms with Crippen molar-refractivity contribution >= 4 is 11.4 Å². The Labute approximate surface area is 268 Å². The molecule has 2 N–H and O–H groups in total. The summed E-state index contributed by atoms with van der Waals surface area (Å²) < 4.78 is 0. The molecule has 0 aromatic carbocycles. The monoisotopic (exact) mass is 604 g/mol. The molecule has 0 aromatic rings. The molecule has 4 heteroatoms. The Balaban J connectivity index is 0.970. The van der Waals surface area contributed by atoms with Crippen LogP contribution in [0.15, 0.2) is 10.2 Å². The molecule has 0 aromatic heterocycles. The Bertz CT molecular complexity index is 1120. The van der Waals surface area contributed by atoms with E-state index < -0.39 is 0 Å². The van der Waals surface area contributed by atoms with Gasteiger partial charge < -0.3 is 10.2 Å². The minimum absolute atomic E-state index is 0.0722. The molecule has 246 valence electrons. The third kappa shape index (κ3) is 4.20. The van der Waals surface area contributed by atoms with Crippen molar-refractivity contribution in [2.24, 2.45) is 91.0 Å². The highest BCUT2D eigenvalue weighted by atomic mass is 16.3. The van der Waals surface area contributed by atoms with Crippen LogP contribution >= 0.6 is 0 Å². The minimum Gasteiger partial charge on any atom is -0.393 e. The summed E-state index contributed by atoms with van der Waals surface area (Å²) in [5.41, 5.74) is 3.99. The zero-order valence-electron chi connectivity index (χ0n) is 29.0. The van der Waals surface area contributed by atoms with Crippen LogP contribution in [0.1, 0.15) is 144 Å². The number of aliphatic hydroxyl groups is 2. The summed E-state index contributed by atoms with van der Waals surface area (Å²) in [5, 5.41) is 32.1. The average Bonchev–Trinajstić information content (AvgIpc) is 3.46. The number of hydrogen-bond donors (Lipinski definition) is 2. The first-order valence-electron chi connectivity index (χ1n) is 19.4. The lowest BCUT2D eigenvalue weighted by molar-refractivity contribution is -0.116. The summed E-state index contributed by atoms with van der Waals surface area (Å²) in [4.78, 5) is 0. The maximum atomic E-state index is 10.9. The molecule has 8 saturated carbocycles. The van der Waals surface area contributed by atoms with E-state index in [1.807, 2.05) is 0 Å². The van der Waals surface area contributed by atoms with Crippen LogP contribution in [0, 0.1) is 80.8 Å². The molecule has 0 amide bonds. The third-order valence-corrected chi connectivity index (χ3v) is 17.9. The van der Waals surface area contributed by atoms with Gasteiger partial charge in [-0.1, -0.05) is 41.5 Å². The molecule has 0 bridgehead atoms. The van der Waals surface area contributed by atoms with Gasteiger partial charge in [-0.2, -0.15) is 10.2 Å². The Kier molecular flexibility index (Phi) is 7.21. The van der Waals surface area contributed by atoms with Gasteiger partial charge in [0.1, 0.15) is 0 Å². The van der Waals surface area contributed by atoms with Crippen molar-refractivity contribution in [3.63, 3.8) is 0 Å². The van der Waals surface area contributed by atoms with E-state index >= 15 is 0 Å². The summed E-state index contributed by atoms with van der Waals surface area (Å²) in [6, 6.07) is 0. The predicted molar refractivity (Wildman–Crippen MR) is 179 cm³/mol. The molecule has 0 radical (unpaired) electrons. The van der Waals surface area contributed by atoms with E-state index in [2.05, 4.69) is 41.5 Å². The van der Waals surface area contributed by atoms with Gasteiger partial charge in [-0.15, -0.1) is 0 Å². The molecule has 0 saturated heterocycles. The SMILES string of the molecule is CC1C[C@@]2(C)C(CCC3C2CC[C@]2(C)C(O)CCC32)CC1=NN=C1CC2CCC3C(CC[C@]4(C)C(O)CCC34)[C@@]2(C)CC1C. The van der Waals surface area contributed by atoms with Crippen molar-refractivity contribution in [1.29, 1.82) is 0 Å². The molecule has 8 aliphatic rings. The topological polar surface area (TPSA) is 65.2 Å². The lowest BCUT2D eigenvalue weighted by atomic mass is 9.44. The largest absolute Gasteiger partial charge is 0.393 e. The van der Waals surface area contributed by atoms with Crippen LogP contribution in [0.5, 0.6) is 0 Å². The standard InChI is InChI=1S/C40H64N2O2/c1-23-21-39(5)25(7-9-27-29-11-13-35(43)37(29,3)17-15-31(27)39)19-33(23)41-42-34-20-26-8-10-28-30-12-14-36(44)38(30,4)18-16-32(28)40(26,6)22-24(34)2/h23-32,35-36,43-44H,7-22H2,1-6H3/t23?,24?,25?,26?,27?,28?,29?,30?,31?,32?,35?,36?,37-,38-,39-,40-/m0/s1. The summed E-state index contributed by atoms with van der Waals surface area (Å²) in [6.45, 7) is 15.1. The van der Waals surface area contributed by atoms with E-state index in [1.165, 1.54) is 88.5 Å². The van der Waals surface area contributed by atoms with E-state index in [9.17, 15) is 10.2 Å². The quantitative estimate of drug-likeness (QED) is 0.293. The summed E-state index contributed by atoms with van der Waals surface area (Å²) in [6.07, 6.45) is 19.8. The van der Waals surface area contributed by atoms with E-state index in [1.54, 1.807) is 0 Å². The molecular formula is C40H64N2O2. The number of fused-ring (bicyclic) bond motifs is 10. The van der Waals surface area contributed by atoms with Crippen LogP contribution in [0.2, 0.25) is 0 Å². The second kappa shape index (κ2) is 10.4. The van der Waals surface area contributed by atoms with Crippen LogP contribution < -0.4 is 0 Å². The molecule has 12 unspecified atom stereocenters. The van der Waals surface area contributed by atoms with Crippen molar-refractivity contribution in [3.05, 3.63) is 0 Å². The Hall–Kier alpha value is -0.740. The Morgan fingerprint density at radius 2 is 0.886 bits per heavy atom. The van der Waals surface area contributed by atoms with Crippen molar-refractivity contribution in [1.82, 2.24) is 0 Å². The van der Waals surface area contributed by atoms with Gasteiger partial charge in [-0.25, -0.2) is 0 Å². The molecule has 8 aliphatic carbocycles. The van der Waals surface area contributed by atoms with Gasteiger partial charge in [0.2, 0.25) is 0 Å². The molecule has 16 atom stereocenters. The second-order valence-corrected chi connectivity index (χ2v) is 19.4. The van der Waals surface area contributed by atoms with Crippen molar-refractivity contribution in [2.45, 2.75) is 156 Å². The fourth-order valence-electron chi connectivity index (χ4n) is 15.2. The number of nitrogens with zero attached hydrogens (tertiary/aromatic N) is 2. The van der Waals surface area contributed by atoms with Crippen molar-refractivity contribution in [3.8, 4) is 0 Å². The summed E-state index contributed by atoms with van der Waals surface area (Å²) >= 11 is 0. The normalized spacial score (nSPS) is 60.2. The number of hydrogen-bond acceptors (Lipinski definition) is 4. The minimum atomic E-state index is -0.0722. The van der Waals surface area contributed by atoms with Crippen LogP contribution in [-0.4, -0.2) is 33.8 Å². The lowest BCUT2D eigenvalue weighted by Gasteiger charge is -2.61. The maximum absolute atomic E-state index is 10.9. The van der Waals surface area contributed by atoms with Gasteiger partial charge in [0, 0.05) is 11.4 Å².